The van der Waals surface area contributed by atoms with Gasteiger partial charge in [-0.1, -0.05) is 6.92 Å². The second kappa shape index (κ2) is 5.73. The third-order valence-electron chi connectivity index (χ3n) is 3.04. The molecule has 0 aromatic heterocycles. The zero-order chi connectivity index (χ0) is 11.3. The van der Waals surface area contributed by atoms with Crippen LogP contribution in [0.25, 0.3) is 0 Å². The van der Waals surface area contributed by atoms with Crippen molar-refractivity contribution in [1.29, 1.82) is 0 Å². The van der Waals surface area contributed by atoms with Crippen LogP contribution in [-0.4, -0.2) is 25.0 Å². The summed E-state index contributed by atoms with van der Waals surface area (Å²) in [4.78, 5) is 22.4. The highest BCUT2D eigenvalue weighted by Gasteiger charge is 2.25. The van der Waals surface area contributed by atoms with Gasteiger partial charge in [0.2, 0.25) is 0 Å². The van der Waals surface area contributed by atoms with E-state index in [2.05, 4.69) is 10.1 Å². The second-order valence-electron chi connectivity index (χ2n) is 4.00. The van der Waals surface area contributed by atoms with Crippen LogP contribution in [0.4, 0.5) is 4.79 Å². The molecule has 0 unspecified atom stereocenters. The number of nitrogens with one attached hydrogen (secondary N) is 1. The van der Waals surface area contributed by atoms with E-state index in [1.807, 2.05) is 6.92 Å². The molecule has 0 saturated heterocycles. The van der Waals surface area contributed by atoms with E-state index >= 15 is 0 Å². The van der Waals surface area contributed by atoms with Crippen molar-refractivity contribution in [1.82, 2.24) is 5.32 Å². The lowest BCUT2D eigenvalue weighted by molar-refractivity contribution is -0.123. The van der Waals surface area contributed by atoms with Gasteiger partial charge >= 0.3 is 6.09 Å². The minimum Gasteiger partial charge on any atom is -0.453 e. The molecule has 0 heterocycles. The second-order valence-corrected chi connectivity index (χ2v) is 4.00. The molecule has 0 spiro atoms. The van der Waals surface area contributed by atoms with E-state index in [4.69, 9.17) is 0 Å². The molecule has 4 heteroatoms. The van der Waals surface area contributed by atoms with Crippen LogP contribution in [0.5, 0.6) is 0 Å². The Bertz CT molecular complexity index is 237. The van der Waals surface area contributed by atoms with Crippen molar-refractivity contribution in [2.75, 3.05) is 7.11 Å². The third-order valence-corrected chi connectivity index (χ3v) is 3.04. The summed E-state index contributed by atoms with van der Waals surface area (Å²) in [5.74, 6) is 0.567. The molecule has 1 saturated carbocycles. The van der Waals surface area contributed by atoms with Gasteiger partial charge in [0.05, 0.1) is 7.11 Å². The Morgan fingerprint density at radius 1 is 1.33 bits per heavy atom. The molecule has 0 aromatic carbocycles. The first kappa shape index (κ1) is 12.0. The number of methoxy groups -OCH3 is 1. The first-order valence-corrected chi connectivity index (χ1v) is 5.54. The standard InChI is InChI=1S/C11H19NO3.H2/c1-3-10(13)8-4-6-9(7-5-8)12-11(14)15-2;/h8-9H,3-7H2,1-2H3,(H,12,14);1H. The van der Waals surface area contributed by atoms with Crippen LogP contribution in [0.15, 0.2) is 0 Å². The van der Waals surface area contributed by atoms with Crippen molar-refractivity contribution < 1.29 is 15.8 Å². The summed E-state index contributed by atoms with van der Waals surface area (Å²) in [5.41, 5.74) is 0. The van der Waals surface area contributed by atoms with Gasteiger partial charge in [-0.2, -0.15) is 0 Å². The van der Waals surface area contributed by atoms with E-state index in [9.17, 15) is 9.59 Å². The zero-order valence-electron chi connectivity index (χ0n) is 9.41. The quantitative estimate of drug-likeness (QED) is 0.784. The Balaban J connectivity index is 0.00000225. The molecule has 1 fully saturated rings. The number of carbonyl (C=O) groups is 2. The molecule has 0 atom stereocenters. The molecule has 88 valence electrons. The molecule has 15 heavy (non-hydrogen) atoms. The number of rotatable bonds is 3. The Hall–Kier alpha value is -1.06. The van der Waals surface area contributed by atoms with Gasteiger partial charge in [-0.05, 0) is 25.7 Å². The Morgan fingerprint density at radius 2 is 1.93 bits per heavy atom. The minimum atomic E-state index is -0.375. The van der Waals surface area contributed by atoms with Crippen molar-refractivity contribution in [3.05, 3.63) is 0 Å². The smallest absolute Gasteiger partial charge is 0.407 e. The maximum Gasteiger partial charge on any atom is 0.407 e. The van der Waals surface area contributed by atoms with Crippen molar-refractivity contribution >= 4 is 11.9 Å². The normalized spacial score (nSPS) is 25.7. The van der Waals surface area contributed by atoms with Gasteiger partial charge in [0.25, 0.3) is 0 Å². The molecule has 1 rings (SSSR count). The maximum absolute atomic E-state index is 11.4. The number of ketones is 1. The predicted molar refractivity (Wildman–Crippen MR) is 58.7 cm³/mol. The van der Waals surface area contributed by atoms with Gasteiger partial charge in [0.1, 0.15) is 5.78 Å². The molecule has 0 radical (unpaired) electrons. The number of Topliss-reactive ketones (excluding diaryl/α,β-unsaturated/α-hetero) is 1. The van der Waals surface area contributed by atoms with Gasteiger partial charge in [0, 0.05) is 19.8 Å². The Morgan fingerprint density at radius 3 is 2.40 bits per heavy atom. The molecule has 4 nitrogen and oxygen atoms in total. The zero-order valence-corrected chi connectivity index (χ0v) is 9.41. The summed E-state index contributed by atoms with van der Waals surface area (Å²) in [6.45, 7) is 1.90. The summed E-state index contributed by atoms with van der Waals surface area (Å²) in [6, 6.07) is 0.179. The summed E-state index contributed by atoms with van der Waals surface area (Å²) >= 11 is 0. The monoisotopic (exact) mass is 215 g/mol. The topological polar surface area (TPSA) is 55.4 Å². The van der Waals surface area contributed by atoms with Gasteiger partial charge in [0.15, 0.2) is 0 Å². The third kappa shape index (κ3) is 3.53. The van der Waals surface area contributed by atoms with Crippen LogP contribution in [0.3, 0.4) is 0 Å². The average Bonchev–Trinajstić information content (AvgIpc) is 2.29. The number of hydrogen-bond donors (Lipinski definition) is 1. The number of carbonyl (C=O) groups excluding carboxylic acids is 2. The van der Waals surface area contributed by atoms with Gasteiger partial charge in [-0.3, -0.25) is 4.79 Å². The number of ether oxygens (including phenoxy) is 1. The highest BCUT2D eigenvalue weighted by Crippen LogP contribution is 2.25. The molecule has 1 aliphatic rings. The Kier molecular flexibility index (Phi) is 4.59. The van der Waals surface area contributed by atoms with Gasteiger partial charge in [-0.15, -0.1) is 0 Å². The number of hydrogen-bond acceptors (Lipinski definition) is 3. The largest absolute Gasteiger partial charge is 0.453 e. The van der Waals surface area contributed by atoms with Crippen LogP contribution in [-0.2, 0) is 9.53 Å². The minimum absolute atomic E-state index is 0. The van der Waals surface area contributed by atoms with Crippen LogP contribution in [0.2, 0.25) is 0 Å². The van der Waals surface area contributed by atoms with E-state index in [1.165, 1.54) is 7.11 Å². The summed E-state index contributed by atoms with van der Waals surface area (Å²) in [7, 11) is 1.36. The molecule has 1 aliphatic carbocycles. The van der Waals surface area contributed by atoms with E-state index in [0.717, 1.165) is 25.7 Å². The SMILES string of the molecule is CCC(=O)C1CCC(NC(=O)OC)CC1.[HH]. The maximum atomic E-state index is 11.4. The van der Waals surface area contributed by atoms with Gasteiger partial charge in [-0.25, -0.2) is 4.79 Å². The summed E-state index contributed by atoms with van der Waals surface area (Å²) in [6.07, 6.45) is 3.79. The first-order valence-electron chi connectivity index (χ1n) is 5.54. The van der Waals surface area contributed by atoms with Gasteiger partial charge < -0.3 is 10.1 Å². The molecule has 0 aliphatic heterocycles. The summed E-state index contributed by atoms with van der Waals surface area (Å²) in [5, 5.41) is 2.77. The van der Waals surface area contributed by atoms with E-state index in [1.54, 1.807) is 0 Å². The number of amides is 1. The van der Waals surface area contributed by atoms with Crippen molar-refractivity contribution in [3.8, 4) is 0 Å². The highest BCUT2D eigenvalue weighted by atomic mass is 16.5. The first-order chi connectivity index (χ1) is 7.17. The fourth-order valence-electron chi connectivity index (χ4n) is 2.07. The molecule has 1 amide bonds. The van der Waals surface area contributed by atoms with Crippen LogP contribution in [0, 0.1) is 5.92 Å². The lowest BCUT2D eigenvalue weighted by Gasteiger charge is -2.27. The van der Waals surface area contributed by atoms with E-state index in [0.29, 0.717) is 12.2 Å². The fraction of sp³-hybridized carbons (Fsp3) is 0.818. The molecule has 1 N–H and O–H groups in total. The fourth-order valence-corrected chi connectivity index (χ4v) is 2.07. The number of alkyl carbamates (subject to hydrolysis) is 1. The average molecular weight is 215 g/mol. The summed E-state index contributed by atoms with van der Waals surface area (Å²) < 4.78 is 4.53. The van der Waals surface area contributed by atoms with Crippen molar-refractivity contribution in [3.63, 3.8) is 0 Å². The van der Waals surface area contributed by atoms with Crippen molar-refractivity contribution in [2.24, 2.45) is 5.92 Å². The van der Waals surface area contributed by atoms with Crippen LogP contribution in [0.1, 0.15) is 40.5 Å². The van der Waals surface area contributed by atoms with Crippen LogP contribution < -0.4 is 5.32 Å². The van der Waals surface area contributed by atoms with Crippen LogP contribution >= 0.6 is 0 Å². The predicted octanol–water partition coefficient (Wildman–Crippen LogP) is 2.13. The highest BCUT2D eigenvalue weighted by molar-refractivity contribution is 5.80. The van der Waals surface area contributed by atoms with Crippen molar-refractivity contribution in [2.45, 2.75) is 45.1 Å². The molecule has 0 bridgehead atoms. The lowest BCUT2D eigenvalue weighted by atomic mass is 9.83. The molecular weight excluding hydrogens is 194 g/mol. The molecule has 0 aromatic rings. The lowest BCUT2D eigenvalue weighted by Crippen LogP contribution is -2.38. The Labute approximate surface area is 91.9 Å². The van der Waals surface area contributed by atoms with E-state index < -0.39 is 0 Å². The van der Waals surface area contributed by atoms with E-state index in [-0.39, 0.29) is 19.5 Å². The molecular formula is C11H21NO3.